The van der Waals surface area contributed by atoms with Crippen LogP contribution in [0, 0.1) is 17.0 Å². The van der Waals surface area contributed by atoms with Gasteiger partial charge in [-0.25, -0.2) is 0 Å². The van der Waals surface area contributed by atoms with Crippen molar-refractivity contribution in [2.45, 2.75) is 26.3 Å². The first-order valence-electron chi connectivity index (χ1n) is 5.61. The Balaban J connectivity index is 2.97. The van der Waals surface area contributed by atoms with Gasteiger partial charge in [0.15, 0.2) is 0 Å². The number of benzene rings is 1. The fourth-order valence-corrected chi connectivity index (χ4v) is 2.10. The Hall–Kier alpha value is -1.43. The van der Waals surface area contributed by atoms with Gasteiger partial charge in [0.05, 0.1) is 4.92 Å². The first-order chi connectivity index (χ1) is 8.49. The molecule has 0 saturated heterocycles. The summed E-state index contributed by atoms with van der Waals surface area (Å²) in [5.41, 5.74) is 1.00. The van der Waals surface area contributed by atoms with Gasteiger partial charge in [0, 0.05) is 29.1 Å². The van der Waals surface area contributed by atoms with Crippen LogP contribution in [0.4, 0.5) is 5.69 Å². The number of carbonyl (C=O) groups excluding carboxylic acids is 1. The van der Waals surface area contributed by atoms with E-state index < -0.39 is 4.92 Å². The van der Waals surface area contributed by atoms with Crippen molar-refractivity contribution < 1.29 is 9.72 Å². The third-order valence-electron chi connectivity index (χ3n) is 2.69. The molecular formula is C12H15BrN2O3. The quantitative estimate of drug-likeness (QED) is 0.516. The van der Waals surface area contributed by atoms with Gasteiger partial charge in [-0.1, -0.05) is 28.9 Å². The van der Waals surface area contributed by atoms with E-state index in [1.54, 1.807) is 13.0 Å². The number of non-ortho nitro benzene ring substituents is 1. The van der Waals surface area contributed by atoms with E-state index in [1.165, 1.54) is 12.1 Å². The maximum atomic E-state index is 12.0. The minimum atomic E-state index is -0.502. The molecule has 18 heavy (non-hydrogen) atoms. The molecule has 0 heterocycles. The third kappa shape index (κ3) is 3.53. The van der Waals surface area contributed by atoms with E-state index in [2.05, 4.69) is 21.2 Å². The highest BCUT2D eigenvalue weighted by atomic mass is 79.9. The van der Waals surface area contributed by atoms with Crippen molar-refractivity contribution >= 4 is 27.5 Å². The van der Waals surface area contributed by atoms with Crippen molar-refractivity contribution in [2.75, 3.05) is 5.33 Å². The van der Waals surface area contributed by atoms with Crippen LogP contribution in [-0.2, 0) is 0 Å². The molecule has 0 saturated carbocycles. The van der Waals surface area contributed by atoms with Crippen LogP contribution < -0.4 is 5.32 Å². The summed E-state index contributed by atoms with van der Waals surface area (Å²) in [5.74, 6) is -0.275. The van der Waals surface area contributed by atoms with Gasteiger partial charge in [0.2, 0.25) is 0 Å². The molecular weight excluding hydrogens is 300 g/mol. The zero-order valence-corrected chi connectivity index (χ0v) is 11.9. The summed E-state index contributed by atoms with van der Waals surface area (Å²) < 4.78 is 0. The summed E-state index contributed by atoms with van der Waals surface area (Å²) >= 11 is 3.31. The standard InChI is InChI=1S/C12H15BrN2O3/c1-3-9(7-13)14-12(16)11-6-10(15(17)18)5-4-8(11)2/h4-6,9H,3,7H2,1-2H3,(H,14,16). The van der Waals surface area contributed by atoms with E-state index >= 15 is 0 Å². The van der Waals surface area contributed by atoms with Crippen LogP contribution in [0.1, 0.15) is 29.3 Å². The molecule has 0 aliphatic rings. The lowest BCUT2D eigenvalue weighted by Crippen LogP contribution is -2.35. The molecule has 1 unspecified atom stereocenters. The molecule has 0 bridgehead atoms. The Kier molecular flexibility index (Phi) is 5.27. The normalized spacial score (nSPS) is 11.9. The predicted octanol–water partition coefficient (Wildman–Crippen LogP) is 2.81. The number of aryl methyl sites for hydroxylation is 1. The summed E-state index contributed by atoms with van der Waals surface area (Å²) in [6.07, 6.45) is 0.797. The highest BCUT2D eigenvalue weighted by molar-refractivity contribution is 9.09. The van der Waals surface area contributed by atoms with E-state index in [-0.39, 0.29) is 17.6 Å². The number of nitrogens with one attached hydrogen (secondary N) is 1. The summed E-state index contributed by atoms with van der Waals surface area (Å²) in [5, 5.41) is 14.2. The first kappa shape index (κ1) is 14.6. The highest BCUT2D eigenvalue weighted by Gasteiger charge is 2.16. The number of halogens is 1. The second-order valence-corrected chi connectivity index (χ2v) is 4.64. The molecule has 1 aromatic rings. The zero-order valence-electron chi connectivity index (χ0n) is 10.3. The molecule has 1 N–H and O–H groups in total. The molecule has 0 radical (unpaired) electrons. The maximum absolute atomic E-state index is 12.0. The summed E-state index contributed by atoms with van der Waals surface area (Å²) in [6, 6.07) is 4.32. The van der Waals surface area contributed by atoms with E-state index in [1.807, 2.05) is 6.92 Å². The molecule has 0 aliphatic carbocycles. The van der Waals surface area contributed by atoms with Crippen molar-refractivity contribution in [1.82, 2.24) is 5.32 Å². The average molecular weight is 315 g/mol. The second kappa shape index (κ2) is 6.49. The first-order valence-corrected chi connectivity index (χ1v) is 6.73. The molecule has 5 nitrogen and oxygen atoms in total. The molecule has 1 atom stereocenters. The number of amides is 1. The smallest absolute Gasteiger partial charge is 0.270 e. The van der Waals surface area contributed by atoms with E-state index in [0.29, 0.717) is 10.9 Å². The number of nitrogens with zero attached hydrogens (tertiary/aromatic N) is 1. The Labute approximate surface area is 114 Å². The van der Waals surface area contributed by atoms with Gasteiger partial charge in [-0.3, -0.25) is 14.9 Å². The van der Waals surface area contributed by atoms with Crippen molar-refractivity contribution in [3.05, 3.63) is 39.4 Å². The monoisotopic (exact) mass is 314 g/mol. The average Bonchev–Trinajstić information content (AvgIpc) is 2.35. The largest absolute Gasteiger partial charge is 0.348 e. The van der Waals surface area contributed by atoms with Gasteiger partial charge in [-0.2, -0.15) is 0 Å². The lowest BCUT2D eigenvalue weighted by molar-refractivity contribution is -0.384. The molecule has 1 aromatic carbocycles. The molecule has 6 heteroatoms. The Bertz CT molecular complexity index is 459. The van der Waals surface area contributed by atoms with E-state index in [9.17, 15) is 14.9 Å². The van der Waals surface area contributed by atoms with Gasteiger partial charge >= 0.3 is 0 Å². The topological polar surface area (TPSA) is 72.2 Å². The van der Waals surface area contributed by atoms with Crippen LogP contribution in [0.5, 0.6) is 0 Å². The number of nitro benzene ring substituents is 1. The van der Waals surface area contributed by atoms with Gasteiger partial charge in [0.25, 0.3) is 11.6 Å². The van der Waals surface area contributed by atoms with Crippen molar-refractivity contribution in [3.8, 4) is 0 Å². The van der Waals surface area contributed by atoms with Gasteiger partial charge in [-0.15, -0.1) is 0 Å². The van der Waals surface area contributed by atoms with E-state index in [4.69, 9.17) is 0 Å². The molecule has 0 fully saturated rings. The van der Waals surface area contributed by atoms with Gasteiger partial charge in [-0.05, 0) is 18.9 Å². The van der Waals surface area contributed by atoms with Crippen LogP contribution in [0.3, 0.4) is 0 Å². The van der Waals surface area contributed by atoms with Crippen LogP contribution >= 0.6 is 15.9 Å². The number of alkyl halides is 1. The Morgan fingerprint density at radius 3 is 2.72 bits per heavy atom. The lowest BCUT2D eigenvalue weighted by atomic mass is 10.1. The minimum Gasteiger partial charge on any atom is -0.348 e. The fourth-order valence-electron chi connectivity index (χ4n) is 1.48. The minimum absolute atomic E-state index is 0.0242. The molecule has 1 rings (SSSR count). The molecule has 0 aromatic heterocycles. The van der Waals surface area contributed by atoms with Crippen molar-refractivity contribution in [1.29, 1.82) is 0 Å². The summed E-state index contributed by atoms with van der Waals surface area (Å²) in [7, 11) is 0. The summed E-state index contributed by atoms with van der Waals surface area (Å²) in [4.78, 5) is 22.2. The zero-order chi connectivity index (χ0) is 13.7. The van der Waals surface area contributed by atoms with Gasteiger partial charge < -0.3 is 5.32 Å². The second-order valence-electron chi connectivity index (χ2n) is 3.99. The van der Waals surface area contributed by atoms with Crippen LogP contribution in [0.15, 0.2) is 18.2 Å². The van der Waals surface area contributed by atoms with Crippen LogP contribution in [0.25, 0.3) is 0 Å². The highest BCUT2D eigenvalue weighted by Crippen LogP contribution is 2.17. The predicted molar refractivity (Wildman–Crippen MR) is 73.2 cm³/mol. The van der Waals surface area contributed by atoms with Crippen LogP contribution in [-0.4, -0.2) is 22.2 Å². The van der Waals surface area contributed by atoms with Crippen molar-refractivity contribution in [2.24, 2.45) is 0 Å². The lowest BCUT2D eigenvalue weighted by Gasteiger charge is -2.14. The number of rotatable bonds is 5. The SMILES string of the molecule is CCC(CBr)NC(=O)c1cc([N+](=O)[O-])ccc1C. The molecule has 0 aliphatic heterocycles. The van der Waals surface area contributed by atoms with Gasteiger partial charge in [0.1, 0.15) is 0 Å². The Morgan fingerprint density at radius 1 is 1.56 bits per heavy atom. The Morgan fingerprint density at radius 2 is 2.22 bits per heavy atom. The van der Waals surface area contributed by atoms with Crippen molar-refractivity contribution in [3.63, 3.8) is 0 Å². The number of carbonyl (C=O) groups is 1. The molecule has 0 spiro atoms. The summed E-state index contributed by atoms with van der Waals surface area (Å²) in [6.45, 7) is 3.72. The maximum Gasteiger partial charge on any atom is 0.270 e. The molecule has 98 valence electrons. The van der Waals surface area contributed by atoms with E-state index in [0.717, 1.165) is 12.0 Å². The number of hydrogen-bond acceptors (Lipinski definition) is 3. The molecule has 1 amide bonds. The van der Waals surface area contributed by atoms with Crippen LogP contribution in [0.2, 0.25) is 0 Å². The number of nitro groups is 1. The third-order valence-corrected chi connectivity index (χ3v) is 3.47. The number of hydrogen-bond donors (Lipinski definition) is 1. The fraction of sp³-hybridized carbons (Fsp3) is 0.417.